The van der Waals surface area contributed by atoms with Crippen LogP contribution in [0.4, 0.5) is 13.2 Å². The number of alkyl halides is 3. The molecule has 184 valence electrons. The Labute approximate surface area is 194 Å². The van der Waals surface area contributed by atoms with Gasteiger partial charge >= 0.3 is 6.18 Å². The van der Waals surface area contributed by atoms with Crippen molar-refractivity contribution < 1.29 is 32.0 Å². The Morgan fingerprint density at radius 3 is 2.47 bits per heavy atom. The fourth-order valence-corrected chi connectivity index (χ4v) is 3.07. The molecule has 2 heterocycles. The van der Waals surface area contributed by atoms with E-state index in [1.54, 1.807) is 12.4 Å². The van der Waals surface area contributed by atoms with Crippen molar-refractivity contribution in [2.75, 3.05) is 13.2 Å². The average molecular weight is 480 g/mol. The van der Waals surface area contributed by atoms with E-state index in [0.717, 1.165) is 4.90 Å². The van der Waals surface area contributed by atoms with Crippen LogP contribution >= 0.6 is 0 Å². The van der Waals surface area contributed by atoms with Gasteiger partial charge in [-0.3, -0.25) is 19.5 Å². The van der Waals surface area contributed by atoms with Crippen molar-refractivity contribution in [3.63, 3.8) is 0 Å². The van der Waals surface area contributed by atoms with Crippen LogP contribution in [0.2, 0.25) is 0 Å². The first-order valence-corrected chi connectivity index (χ1v) is 10.7. The van der Waals surface area contributed by atoms with E-state index in [2.05, 4.69) is 10.1 Å². The van der Waals surface area contributed by atoms with Crippen molar-refractivity contribution in [3.05, 3.63) is 54.0 Å². The van der Waals surface area contributed by atoms with Gasteiger partial charge in [0.2, 0.25) is 12.3 Å². The Morgan fingerprint density at radius 2 is 1.97 bits per heavy atom. The Balaban J connectivity index is 0.000000589. The van der Waals surface area contributed by atoms with Gasteiger partial charge in [-0.2, -0.15) is 13.2 Å². The van der Waals surface area contributed by atoms with Crippen LogP contribution in [0.25, 0.3) is 11.0 Å². The van der Waals surface area contributed by atoms with Gasteiger partial charge in [-0.1, -0.05) is 24.6 Å². The van der Waals surface area contributed by atoms with Gasteiger partial charge in [-0.05, 0) is 44.0 Å². The zero-order valence-corrected chi connectivity index (χ0v) is 18.9. The van der Waals surface area contributed by atoms with Crippen molar-refractivity contribution >= 4 is 23.3 Å². The molecule has 1 aromatic carbocycles. The molecule has 8 nitrogen and oxygen atoms in total. The second-order valence-electron chi connectivity index (χ2n) is 7.35. The normalized spacial score (nSPS) is 11.9. The molecule has 0 saturated carbocycles. The number of hydrogen-bond donors (Lipinski definition) is 1. The molecule has 0 unspecified atom stereocenters. The molecule has 34 heavy (non-hydrogen) atoms. The van der Waals surface area contributed by atoms with Crippen LogP contribution in [0.15, 0.2) is 47.2 Å². The Hall–Kier alpha value is -3.47. The number of nitrogens with two attached hydrogens (primary N) is 1. The zero-order valence-electron chi connectivity index (χ0n) is 18.9. The third kappa shape index (κ3) is 7.27. The number of nitrogens with zero attached hydrogens (tertiary/aromatic N) is 3. The number of carbonyl (C=O) groups excluding carboxylic acids is 2. The third-order valence-electron chi connectivity index (χ3n) is 4.64. The summed E-state index contributed by atoms with van der Waals surface area (Å²) >= 11 is 0. The summed E-state index contributed by atoms with van der Waals surface area (Å²) in [5, 5.41) is 3.05. The van der Waals surface area contributed by atoms with Crippen LogP contribution in [0, 0.1) is 0 Å². The highest BCUT2D eigenvalue weighted by Gasteiger charge is 2.37. The SMILES string of the molecule is CCCc1c(OCCCN(C=O)C(=O)[C@@H](C)N)ccc2c(C(F)(F)F)noc12.c1ccncc1. The van der Waals surface area contributed by atoms with Crippen LogP contribution in [0.3, 0.4) is 0 Å². The molecular weight excluding hydrogens is 453 g/mol. The second kappa shape index (κ2) is 12.7. The maximum absolute atomic E-state index is 13.0. The van der Waals surface area contributed by atoms with Crippen LogP contribution in [0.5, 0.6) is 5.75 Å². The molecule has 0 aliphatic heterocycles. The number of benzene rings is 1. The molecule has 0 fully saturated rings. The Kier molecular flexibility index (Phi) is 9.99. The summed E-state index contributed by atoms with van der Waals surface area (Å²) in [7, 11) is 0. The van der Waals surface area contributed by atoms with E-state index in [4.69, 9.17) is 15.0 Å². The molecule has 0 saturated heterocycles. The number of hydrogen-bond acceptors (Lipinski definition) is 7. The number of fused-ring (bicyclic) bond motifs is 1. The molecule has 2 amide bonds. The van der Waals surface area contributed by atoms with Crippen molar-refractivity contribution in [2.45, 2.75) is 45.3 Å². The lowest BCUT2D eigenvalue weighted by Gasteiger charge is -2.18. The number of rotatable bonds is 9. The topological polar surface area (TPSA) is 112 Å². The minimum absolute atomic E-state index is 0.0494. The molecule has 3 aromatic rings. The minimum atomic E-state index is -4.61. The Morgan fingerprint density at radius 1 is 1.26 bits per heavy atom. The summed E-state index contributed by atoms with van der Waals surface area (Å²) in [5.41, 5.74) is 4.95. The maximum atomic E-state index is 13.0. The van der Waals surface area contributed by atoms with Crippen LogP contribution in [-0.2, 0) is 22.2 Å². The van der Waals surface area contributed by atoms with E-state index in [1.807, 2.05) is 25.1 Å². The molecule has 11 heteroatoms. The van der Waals surface area contributed by atoms with Gasteiger partial charge in [0.15, 0.2) is 11.3 Å². The van der Waals surface area contributed by atoms with E-state index in [1.165, 1.54) is 19.1 Å². The first-order chi connectivity index (χ1) is 16.2. The molecule has 0 aliphatic carbocycles. The first-order valence-electron chi connectivity index (χ1n) is 10.7. The lowest BCUT2D eigenvalue weighted by molar-refractivity contribution is -0.141. The first kappa shape index (κ1) is 26.8. The summed E-state index contributed by atoms with van der Waals surface area (Å²) in [6.07, 6.45) is 0.753. The standard InChI is InChI=1S/C18H22F3N3O4.C5H5N/c1-3-5-12-14(27-9-4-8-24(10-25)17(26)11(2)22)7-6-13-15(12)28-23-16(13)18(19,20)21;1-2-4-6-5-3-1/h6-7,10-11H,3-5,8-9,22H2,1-2H3;1-5H/t11-;/m1./s1. The fourth-order valence-electron chi connectivity index (χ4n) is 3.07. The molecule has 0 bridgehead atoms. The highest BCUT2D eigenvalue weighted by Crippen LogP contribution is 2.38. The number of ether oxygens (including phenoxy) is 1. The molecule has 3 rings (SSSR count). The van der Waals surface area contributed by atoms with Gasteiger partial charge in [0.1, 0.15) is 5.75 Å². The lowest BCUT2D eigenvalue weighted by atomic mass is 10.0. The summed E-state index contributed by atoms with van der Waals surface area (Å²) in [5.74, 6) is -0.111. The number of pyridine rings is 1. The predicted octanol–water partition coefficient (Wildman–Crippen LogP) is 3.98. The molecule has 0 aliphatic rings. The number of imide groups is 1. The molecule has 0 radical (unpaired) electrons. The lowest BCUT2D eigenvalue weighted by Crippen LogP contribution is -2.42. The van der Waals surface area contributed by atoms with Crippen LogP contribution in [-0.4, -0.2) is 46.6 Å². The third-order valence-corrected chi connectivity index (χ3v) is 4.64. The van der Waals surface area contributed by atoms with Gasteiger partial charge in [0.25, 0.3) is 0 Å². The number of aryl methyl sites for hydroxylation is 1. The quantitative estimate of drug-likeness (QED) is 0.364. The molecule has 1 atom stereocenters. The highest BCUT2D eigenvalue weighted by atomic mass is 19.4. The van der Waals surface area contributed by atoms with Gasteiger partial charge in [0.05, 0.1) is 18.0 Å². The number of amides is 2. The number of carbonyl (C=O) groups is 2. The largest absolute Gasteiger partial charge is 0.493 e. The molecule has 2 aromatic heterocycles. The van der Waals surface area contributed by atoms with Gasteiger partial charge in [-0.25, -0.2) is 0 Å². The average Bonchev–Trinajstić information content (AvgIpc) is 3.26. The highest BCUT2D eigenvalue weighted by molar-refractivity contribution is 5.89. The molecular formula is C23H27F3N4O4. The summed E-state index contributed by atoms with van der Waals surface area (Å²) < 4.78 is 49.7. The van der Waals surface area contributed by atoms with Gasteiger partial charge in [0, 0.05) is 24.5 Å². The monoisotopic (exact) mass is 480 g/mol. The van der Waals surface area contributed by atoms with Crippen LogP contribution in [0.1, 0.15) is 37.9 Å². The van der Waals surface area contributed by atoms with Crippen molar-refractivity contribution in [2.24, 2.45) is 5.73 Å². The van der Waals surface area contributed by atoms with Crippen molar-refractivity contribution in [1.82, 2.24) is 15.0 Å². The predicted molar refractivity (Wildman–Crippen MR) is 119 cm³/mol. The smallest absolute Gasteiger partial charge is 0.437 e. The number of halogens is 3. The zero-order chi connectivity index (χ0) is 25.1. The van der Waals surface area contributed by atoms with Gasteiger partial charge < -0.3 is 15.0 Å². The Bertz CT molecular complexity index is 1030. The summed E-state index contributed by atoms with van der Waals surface area (Å²) in [6, 6.07) is 7.64. The van der Waals surface area contributed by atoms with E-state index < -0.39 is 23.8 Å². The van der Waals surface area contributed by atoms with E-state index in [-0.39, 0.29) is 24.1 Å². The fraction of sp³-hybridized carbons (Fsp3) is 0.391. The summed E-state index contributed by atoms with van der Waals surface area (Å²) in [4.78, 5) is 27.5. The van der Waals surface area contributed by atoms with Crippen molar-refractivity contribution in [3.8, 4) is 5.75 Å². The van der Waals surface area contributed by atoms with Crippen LogP contribution < -0.4 is 10.5 Å². The molecule has 2 N–H and O–H groups in total. The maximum Gasteiger partial charge on any atom is 0.437 e. The minimum Gasteiger partial charge on any atom is -0.493 e. The van der Waals surface area contributed by atoms with Gasteiger partial charge in [-0.15, -0.1) is 0 Å². The number of aromatic nitrogens is 2. The van der Waals surface area contributed by atoms with E-state index >= 15 is 0 Å². The summed E-state index contributed by atoms with van der Waals surface area (Å²) in [6.45, 7) is 3.63. The second-order valence-corrected chi connectivity index (χ2v) is 7.35. The van der Waals surface area contributed by atoms with Crippen molar-refractivity contribution in [1.29, 1.82) is 0 Å². The van der Waals surface area contributed by atoms with E-state index in [0.29, 0.717) is 37.0 Å². The molecule has 0 spiro atoms. The van der Waals surface area contributed by atoms with E-state index in [9.17, 15) is 22.8 Å².